The quantitative estimate of drug-likeness (QED) is 0.598. The van der Waals surface area contributed by atoms with Gasteiger partial charge in [-0.25, -0.2) is 0 Å². The number of aliphatic hydroxyl groups is 1. The third-order valence-corrected chi connectivity index (χ3v) is 3.05. The van der Waals surface area contributed by atoms with E-state index in [4.69, 9.17) is 14.6 Å². The topological polar surface area (TPSA) is 72.8 Å². The van der Waals surface area contributed by atoms with Gasteiger partial charge in [0.05, 0.1) is 20.8 Å². The van der Waals surface area contributed by atoms with E-state index in [1.165, 1.54) is 14.2 Å². The minimum absolute atomic E-state index is 0.0548. The zero-order chi connectivity index (χ0) is 13.8. The van der Waals surface area contributed by atoms with Crippen LogP contribution in [0.4, 0.5) is 0 Å². The van der Waals surface area contributed by atoms with Gasteiger partial charge in [-0.15, -0.1) is 0 Å². The molecular formula is C13H18O5. The molecule has 0 aliphatic heterocycles. The van der Waals surface area contributed by atoms with Gasteiger partial charge in [-0.2, -0.15) is 0 Å². The maximum absolute atomic E-state index is 11.8. The maximum atomic E-state index is 11.8. The van der Waals surface area contributed by atoms with Gasteiger partial charge in [-0.3, -0.25) is 9.59 Å². The van der Waals surface area contributed by atoms with Crippen molar-refractivity contribution in [2.75, 3.05) is 20.8 Å². The van der Waals surface area contributed by atoms with Gasteiger partial charge in [0.25, 0.3) is 0 Å². The lowest BCUT2D eigenvalue weighted by molar-refractivity contribution is -0.168. The van der Waals surface area contributed by atoms with E-state index >= 15 is 0 Å². The van der Waals surface area contributed by atoms with Crippen molar-refractivity contribution in [2.45, 2.75) is 19.8 Å². The van der Waals surface area contributed by atoms with Crippen molar-refractivity contribution in [3.63, 3.8) is 0 Å². The van der Waals surface area contributed by atoms with E-state index in [-0.39, 0.29) is 19.4 Å². The highest BCUT2D eigenvalue weighted by atomic mass is 16.5. The molecule has 1 N–H and O–H groups in total. The Kier molecular flexibility index (Phi) is 4.67. The van der Waals surface area contributed by atoms with Crippen LogP contribution >= 0.6 is 0 Å². The molecule has 0 bridgehead atoms. The molecule has 0 heterocycles. The monoisotopic (exact) mass is 254 g/mol. The number of hydrogen-bond donors (Lipinski definition) is 1. The number of allylic oxidation sites excluding steroid dienone is 3. The lowest BCUT2D eigenvalue weighted by Crippen LogP contribution is -2.39. The Morgan fingerprint density at radius 3 is 2.39 bits per heavy atom. The summed E-state index contributed by atoms with van der Waals surface area (Å²) in [6, 6.07) is 0. The molecule has 0 saturated carbocycles. The minimum Gasteiger partial charge on any atom is -0.468 e. The van der Waals surface area contributed by atoms with E-state index in [0.717, 1.165) is 11.1 Å². The first kappa shape index (κ1) is 14.4. The number of ether oxygens (including phenoxy) is 2. The van der Waals surface area contributed by atoms with Crippen LogP contribution in [0.15, 0.2) is 23.3 Å². The number of rotatable bonds is 4. The summed E-state index contributed by atoms with van der Waals surface area (Å²) in [5.74, 6) is -1.17. The summed E-state index contributed by atoms with van der Waals surface area (Å²) < 4.78 is 9.39. The average Bonchev–Trinajstić information content (AvgIpc) is 2.81. The lowest BCUT2D eigenvalue weighted by atomic mass is 9.84. The van der Waals surface area contributed by atoms with E-state index in [1.54, 1.807) is 19.1 Å². The minimum atomic E-state index is -1.27. The summed E-state index contributed by atoms with van der Waals surface area (Å²) >= 11 is 0. The van der Waals surface area contributed by atoms with Crippen molar-refractivity contribution < 1.29 is 24.2 Å². The molecule has 5 nitrogen and oxygen atoms in total. The van der Waals surface area contributed by atoms with Crippen molar-refractivity contribution in [3.05, 3.63) is 23.3 Å². The van der Waals surface area contributed by atoms with Crippen molar-refractivity contribution in [1.82, 2.24) is 0 Å². The molecule has 1 aliphatic rings. The van der Waals surface area contributed by atoms with Crippen LogP contribution < -0.4 is 0 Å². The van der Waals surface area contributed by atoms with E-state index in [2.05, 4.69) is 0 Å². The Labute approximate surface area is 106 Å². The molecule has 0 atom stereocenters. The summed E-state index contributed by atoms with van der Waals surface area (Å²) in [5.41, 5.74) is 0.328. The molecule has 0 fully saturated rings. The first-order valence-corrected chi connectivity index (χ1v) is 5.64. The third kappa shape index (κ3) is 2.61. The second-order valence-electron chi connectivity index (χ2n) is 4.37. The number of methoxy groups -OCH3 is 2. The number of aliphatic hydroxyl groups excluding tert-OH is 1. The van der Waals surface area contributed by atoms with Crippen molar-refractivity contribution in [3.8, 4) is 0 Å². The molecule has 0 spiro atoms. The van der Waals surface area contributed by atoms with Crippen molar-refractivity contribution in [1.29, 1.82) is 0 Å². The Bertz CT molecular complexity index is 390. The van der Waals surface area contributed by atoms with Gasteiger partial charge >= 0.3 is 11.9 Å². The molecule has 5 heteroatoms. The Morgan fingerprint density at radius 1 is 1.39 bits per heavy atom. The highest BCUT2D eigenvalue weighted by Gasteiger charge is 2.50. The fourth-order valence-corrected chi connectivity index (χ4v) is 2.06. The third-order valence-electron chi connectivity index (χ3n) is 3.05. The van der Waals surface area contributed by atoms with Gasteiger partial charge in [0.2, 0.25) is 0 Å². The smallest absolute Gasteiger partial charge is 0.323 e. The van der Waals surface area contributed by atoms with Crippen molar-refractivity contribution >= 4 is 11.9 Å². The molecule has 1 aliphatic carbocycles. The lowest BCUT2D eigenvalue weighted by Gasteiger charge is -2.22. The second kappa shape index (κ2) is 5.82. The standard InChI is InChI=1S/C13H18O5/c1-9(8-14)6-10-4-5-13(7-10,11(15)17-2)12(16)18-3/h4,6,14H,5,7-8H2,1-3H3/b9-6+. The Hall–Kier alpha value is -1.62. The van der Waals surface area contributed by atoms with E-state index < -0.39 is 17.4 Å². The van der Waals surface area contributed by atoms with Crippen LogP contribution in [0.5, 0.6) is 0 Å². The molecule has 100 valence electrons. The summed E-state index contributed by atoms with van der Waals surface area (Å²) in [4.78, 5) is 23.6. The van der Waals surface area contributed by atoms with Gasteiger partial charge in [0.15, 0.2) is 5.41 Å². The molecule has 0 radical (unpaired) electrons. The predicted molar refractivity (Wildman–Crippen MR) is 64.6 cm³/mol. The molecular weight excluding hydrogens is 236 g/mol. The van der Waals surface area contributed by atoms with Gasteiger partial charge in [0, 0.05) is 0 Å². The molecule has 0 aromatic heterocycles. The average molecular weight is 254 g/mol. The van der Waals surface area contributed by atoms with Crippen LogP contribution in [0.25, 0.3) is 0 Å². The molecule has 18 heavy (non-hydrogen) atoms. The molecule has 0 saturated heterocycles. The largest absolute Gasteiger partial charge is 0.468 e. The molecule has 0 aromatic rings. The van der Waals surface area contributed by atoms with Gasteiger partial charge < -0.3 is 14.6 Å². The second-order valence-corrected chi connectivity index (χ2v) is 4.37. The fourth-order valence-electron chi connectivity index (χ4n) is 2.06. The first-order valence-electron chi connectivity index (χ1n) is 5.64. The number of hydrogen-bond acceptors (Lipinski definition) is 5. The Morgan fingerprint density at radius 2 is 1.94 bits per heavy atom. The van der Waals surface area contributed by atoms with Gasteiger partial charge in [-0.05, 0) is 25.3 Å². The van der Waals surface area contributed by atoms with Crippen LogP contribution in [0, 0.1) is 5.41 Å². The molecule has 0 amide bonds. The zero-order valence-electron chi connectivity index (χ0n) is 10.9. The highest BCUT2D eigenvalue weighted by Crippen LogP contribution is 2.40. The molecule has 0 aromatic carbocycles. The van der Waals surface area contributed by atoms with Gasteiger partial charge in [-0.1, -0.05) is 17.7 Å². The summed E-state index contributed by atoms with van der Waals surface area (Å²) in [6.07, 6.45) is 4.07. The Balaban J connectivity index is 2.95. The zero-order valence-corrected chi connectivity index (χ0v) is 10.9. The van der Waals surface area contributed by atoms with Gasteiger partial charge in [0.1, 0.15) is 0 Å². The summed E-state index contributed by atoms with van der Waals surface area (Å²) in [5, 5.41) is 8.96. The first-order chi connectivity index (χ1) is 8.50. The number of esters is 2. The number of carbonyl (C=O) groups is 2. The summed E-state index contributed by atoms with van der Waals surface area (Å²) in [7, 11) is 2.50. The van der Waals surface area contributed by atoms with Crippen LogP contribution in [-0.2, 0) is 19.1 Å². The normalized spacial score (nSPS) is 18.2. The SMILES string of the molecule is COC(=O)C1(C(=O)OC)CC=C(/C=C(\C)CO)C1. The summed E-state index contributed by atoms with van der Waals surface area (Å²) in [6.45, 7) is 1.72. The fraction of sp³-hybridized carbons (Fsp3) is 0.538. The predicted octanol–water partition coefficient (Wildman–Crippen LogP) is 0.978. The van der Waals surface area contributed by atoms with E-state index in [9.17, 15) is 9.59 Å². The van der Waals surface area contributed by atoms with E-state index in [1.807, 2.05) is 0 Å². The van der Waals surface area contributed by atoms with Crippen molar-refractivity contribution in [2.24, 2.45) is 5.41 Å². The van der Waals surface area contributed by atoms with E-state index in [0.29, 0.717) is 0 Å². The van der Waals surface area contributed by atoms with Crippen LogP contribution in [-0.4, -0.2) is 37.9 Å². The van der Waals surface area contributed by atoms with Crippen LogP contribution in [0.3, 0.4) is 0 Å². The van der Waals surface area contributed by atoms with Crippen LogP contribution in [0.1, 0.15) is 19.8 Å². The highest BCUT2D eigenvalue weighted by molar-refractivity contribution is 6.01. The maximum Gasteiger partial charge on any atom is 0.323 e. The molecule has 1 rings (SSSR count). The number of carbonyl (C=O) groups excluding carboxylic acids is 2. The molecule has 0 unspecified atom stereocenters. The van der Waals surface area contributed by atoms with Crippen LogP contribution in [0.2, 0.25) is 0 Å².